The molecule has 1 saturated heterocycles. The molecule has 214 valence electrons. The van der Waals surface area contributed by atoms with E-state index in [1.54, 1.807) is 12.4 Å². The van der Waals surface area contributed by atoms with Gasteiger partial charge in [0.05, 0.1) is 42.7 Å². The zero-order valence-corrected chi connectivity index (χ0v) is 23.0. The Labute approximate surface area is 243 Å². The monoisotopic (exact) mass is 565 g/mol. The van der Waals surface area contributed by atoms with Crippen molar-refractivity contribution in [3.8, 4) is 11.3 Å². The number of nitrogen functional groups attached to an aromatic ring is 1. The molecule has 0 radical (unpaired) electrons. The summed E-state index contributed by atoms with van der Waals surface area (Å²) in [5.74, 6) is -0.490. The molecule has 3 heterocycles. The minimum atomic E-state index is -0.503. The second-order valence-corrected chi connectivity index (χ2v) is 9.54. The van der Waals surface area contributed by atoms with E-state index in [9.17, 15) is 9.59 Å². The minimum Gasteiger partial charge on any atom is -0.445 e. The number of anilines is 3. The number of nitrogens with two attached hydrogens (primary N) is 1. The van der Waals surface area contributed by atoms with Crippen LogP contribution < -0.4 is 21.3 Å². The Hall–Kier alpha value is -5.29. The lowest BCUT2D eigenvalue weighted by Crippen LogP contribution is -2.34. The first-order valence-electron chi connectivity index (χ1n) is 13.4. The summed E-state index contributed by atoms with van der Waals surface area (Å²) in [6.45, 7) is 6.26. The number of morpholine rings is 1. The zero-order valence-electron chi connectivity index (χ0n) is 23.0. The van der Waals surface area contributed by atoms with E-state index in [4.69, 9.17) is 15.2 Å². The molecule has 0 atom stereocenters. The highest BCUT2D eigenvalue weighted by atomic mass is 16.5. The van der Waals surface area contributed by atoms with Gasteiger partial charge in [0.1, 0.15) is 6.61 Å². The molecule has 1 fully saturated rings. The van der Waals surface area contributed by atoms with E-state index in [0.717, 1.165) is 28.1 Å². The molecule has 4 N–H and O–H groups in total. The van der Waals surface area contributed by atoms with Crippen LogP contribution in [0.3, 0.4) is 0 Å². The van der Waals surface area contributed by atoms with Crippen LogP contribution in [0.5, 0.6) is 0 Å². The topological polar surface area (TPSA) is 145 Å². The fourth-order valence-corrected chi connectivity index (χ4v) is 4.40. The van der Waals surface area contributed by atoms with Crippen LogP contribution >= 0.6 is 0 Å². The van der Waals surface area contributed by atoms with Gasteiger partial charge in [-0.05, 0) is 23.6 Å². The predicted molar refractivity (Wildman–Crippen MR) is 160 cm³/mol. The Morgan fingerprint density at radius 1 is 1.05 bits per heavy atom. The second kappa shape index (κ2) is 13.4. The van der Waals surface area contributed by atoms with Gasteiger partial charge in [0.25, 0.3) is 5.91 Å². The zero-order chi connectivity index (χ0) is 29.3. The van der Waals surface area contributed by atoms with E-state index in [0.29, 0.717) is 44.1 Å². The van der Waals surface area contributed by atoms with E-state index >= 15 is 0 Å². The molecular formula is C31H31N7O4. The molecule has 2 aromatic heterocycles. The molecule has 2 amide bonds. The van der Waals surface area contributed by atoms with Gasteiger partial charge in [0, 0.05) is 30.5 Å². The smallest absolute Gasteiger partial charge is 0.407 e. The van der Waals surface area contributed by atoms with Crippen molar-refractivity contribution in [2.75, 3.05) is 42.3 Å². The van der Waals surface area contributed by atoms with E-state index in [1.807, 2.05) is 65.6 Å². The van der Waals surface area contributed by atoms with Crippen molar-refractivity contribution >= 4 is 29.2 Å². The lowest BCUT2D eigenvalue weighted by molar-refractivity contribution is 0.102. The summed E-state index contributed by atoms with van der Waals surface area (Å²) in [6, 6.07) is 18.9. The number of nitrogens with one attached hydrogen (secondary N) is 2. The van der Waals surface area contributed by atoms with Crippen LogP contribution in [0.1, 0.15) is 21.6 Å². The molecule has 0 bridgehead atoms. The highest BCUT2D eigenvalue weighted by molar-refractivity contribution is 6.07. The second-order valence-electron chi connectivity index (χ2n) is 9.54. The lowest BCUT2D eigenvalue weighted by Gasteiger charge is -2.32. The number of alkyl carbamates (subject to hydrolysis) is 1. The third kappa shape index (κ3) is 7.07. The Bertz CT molecular complexity index is 1560. The third-order valence-corrected chi connectivity index (χ3v) is 6.61. The standard InChI is InChI=1S/C31H31N7O4/c1-21-19-41-16-15-38(21)27-12-13-33-17-26(27)37-30(39)28-29(32)35-18-25(36-28)24-9-7-22(8-10-24)11-14-34-31(40)42-20-23-5-3-2-4-6-23/h2-10,12-13,17-18H,1,11,14-16,19-20H2,(H2,32,35)(H,34,40)(H,37,39). The number of hydrogen-bond donors (Lipinski definition) is 3. The number of carbonyl (C=O) groups excluding carboxylic acids is 2. The number of ether oxygens (including phenoxy) is 2. The Kier molecular flexibility index (Phi) is 9.00. The number of benzene rings is 2. The van der Waals surface area contributed by atoms with Crippen molar-refractivity contribution in [2.24, 2.45) is 0 Å². The van der Waals surface area contributed by atoms with Gasteiger partial charge in [-0.25, -0.2) is 14.8 Å². The minimum absolute atomic E-state index is 0.00500. The van der Waals surface area contributed by atoms with Crippen LogP contribution in [0.4, 0.5) is 22.0 Å². The molecule has 11 heteroatoms. The molecule has 5 rings (SSSR count). The maximum absolute atomic E-state index is 13.3. The van der Waals surface area contributed by atoms with Gasteiger partial charge in [-0.2, -0.15) is 0 Å². The lowest BCUT2D eigenvalue weighted by atomic mass is 10.1. The molecular weight excluding hydrogens is 534 g/mol. The first kappa shape index (κ1) is 28.2. The van der Waals surface area contributed by atoms with Crippen molar-refractivity contribution in [1.82, 2.24) is 20.3 Å². The number of rotatable bonds is 9. The van der Waals surface area contributed by atoms with Crippen LogP contribution in [0.2, 0.25) is 0 Å². The first-order valence-corrected chi connectivity index (χ1v) is 13.4. The summed E-state index contributed by atoms with van der Waals surface area (Å²) >= 11 is 0. The van der Waals surface area contributed by atoms with Gasteiger partial charge < -0.3 is 30.7 Å². The number of carbonyl (C=O) groups is 2. The summed E-state index contributed by atoms with van der Waals surface area (Å²) in [5.41, 5.74) is 11.3. The fraction of sp³-hybridized carbons (Fsp3) is 0.194. The maximum atomic E-state index is 13.3. The normalized spacial score (nSPS) is 13.0. The number of amides is 2. The molecule has 1 aliphatic rings. The quantitative estimate of drug-likeness (QED) is 0.272. The van der Waals surface area contributed by atoms with Crippen LogP contribution in [-0.2, 0) is 22.5 Å². The molecule has 0 unspecified atom stereocenters. The van der Waals surface area contributed by atoms with Crippen molar-refractivity contribution in [1.29, 1.82) is 0 Å². The van der Waals surface area contributed by atoms with Crippen molar-refractivity contribution in [3.63, 3.8) is 0 Å². The highest BCUT2D eigenvalue weighted by Gasteiger charge is 2.21. The van der Waals surface area contributed by atoms with Gasteiger partial charge in [0.15, 0.2) is 11.5 Å². The summed E-state index contributed by atoms with van der Waals surface area (Å²) in [4.78, 5) is 40.1. The van der Waals surface area contributed by atoms with Crippen molar-refractivity contribution in [2.45, 2.75) is 13.0 Å². The molecule has 0 saturated carbocycles. The van der Waals surface area contributed by atoms with E-state index in [1.165, 1.54) is 6.20 Å². The van der Waals surface area contributed by atoms with Gasteiger partial charge in [-0.15, -0.1) is 0 Å². The Balaban J connectivity index is 1.19. The fourth-order valence-electron chi connectivity index (χ4n) is 4.40. The van der Waals surface area contributed by atoms with E-state index < -0.39 is 12.0 Å². The predicted octanol–water partition coefficient (Wildman–Crippen LogP) is 4.19. The molecule has 0 spiro atoms. The van der Waals surface area contributed by atoms with E-state index in [-0.39, 0.29) is 18.1 Å². The molecule has 4 aromatic rings. The molecule has 1 aliphatic heterocycles. The van der Waals surface area contributed by atoms with Crippen molar-refractivity contribution < 1.29 is 19.1 Å². The molecule has 2 aromatic carbocycles. The van der Waals surface area contributed by atoms with Crippen LogP contribution in [0.25, 0.3) is 11.3 Å². The Morgan fingerprint density at radius 3 is 2.64 bits per heavy atom. The highest BCUT2D eigenvalue weighted by Crippen LogP contribution is 2.29. The summed E-state index contributed by atoms with van der Waals surface area (Å²) < 4.78 is 10.7. The third-order valence-electron chi connectivity index (χ3n) is 6.61. The van der Waals surface area contributed by atoms with Crippen LogP contribution in [-0.4, -0.2) is 53.3 Å². The first-order chi connectivity index (χ1) is 20.5. The van der Waals surface area contributed by atoms with Crippen LogP contribution in [0, 0.1) is 0 Å². The van der Waals surface area contributed by atoms with Crippen LogP contribution in [0.15, 0.2) is 91.5 Å². The molecule has 42 heavy (non-hydrogen) atoms. The number of pyridine rings is 1. The number of aromatic nitrogens is 3. The van der Waals surface area contributed by atoms with Crippen molar-refractivity contribution in [3.05, 3.63) is 108 Å². The summed E-state index contributed by atoms with van der Waals surface area (Å²) in [5, 5.41) is 5.63. The van der Waals surface area contributed by atoms with Gasteiger partial charge in [-0.3, -0.25) is 9.78 Å². The molecule has 11 nitrogen and oxygen atoms in total. The number of hydrogen-bond acceptors (Lipinski definition) is 9. The number of nitrogens with zero attached hydrogens (tertiary/aromatic N) is 4. The summed E-state index contributed by atoms with van der Waals surface area (Å²) in [6.07, 6.45) is 4.90. The average Bonchev–Trinajstić information content (AvgIpc) is 3.02. The average molecular weight is 566 g/mol. The maximum Gasteiger partial charge on any atom is 0.407 e. The summed E-state index contributed by atoms with van der Waals surface area (Å²) in [7, 11) is 0. The van der Waals surface area contributed by atoms with Gasteiger partial charge in [0.2, 0.25) is 0 Å². The van der Waals surface area contributed by atoms with Gasteiger partial charge >= 0.3 is 6.09 Å². The van der Waals surface area contributed by atoms with E-state index in [2.05, 4.69) is 32.2 Å². The largest absolute Gasteiger partial charge is 0.445 e. The Morgan fingerprint density at radius 2 is 1.86 bits per heavy atom. The molecule has 0 aliphatic carbocycles. The SMILES string of the molecule is C=C1COCCN1c1ccncc1NC(=O)c1nc(-c2ccc(CCNC(=O)OCc3ccccc3)cc2)cnc1N. The van der Waals surface area contributed by atoms with Gasteiger partial charge in [-0.1, -0.05) is 61.2 Å².